The molecule has 0 aliphatic rings. The maximum Gasteiger partial charge on any atom is 0.276 e. The highest BCUT2D eigenvalue weighted by atomic mass is 35.5. The van der Waals surface area contributed by atoms with Gasteiger partial charge in [-0.2, -0.15) is 0 Å². The predicted molar refractivity (Wildman–Crippen MR) is 99.9 cm³/mol. The third-order valence-corrected chi connectivity index (χ3v) is 4.01. The molecule has 0 aliphatic heterocycles. The maximum absolute atomic E-state index is 11.9. The van der Waals surface area contributed by atoms with Gasteiger partial charge >= 0.3 is 0 Å². The molecule has 144 valence electrons. The summed E-state index contributed by atoms with van der Waals surface area (Å²) in [4.78, 5) is 22.7. The summed E-state index contributed by atoms with van der Waals surface area (Å²) in [7, 11) is 2.85. The van der Waals surface area contributed by atoms with Gasteiger partial charge in [-0.1, -0.05) is 23.7 Å². The number of halogens is 1. The summed E-state index contributed by atoms with van der Waals surface area (Å²) < 4.78 is 15.6. The first-order chi connectivity index (χ1) is 13.0. The Morgan fingerprint density at radius 1 is 1.15 bits per heavy atom. The molecule has 0 heterocycles. The lowest BCUT2D eigenvalue weighted by Gasteiger charge is -2.11. The Hall–Kier alpha value is -3.00. The molecule has 2 rings (SSSR count). The SMILES string of the molecule is COc1cc(CCNC(=O)COc2ccccc2Cl)c([N+](=O)[O-])cc1OC. The molecule has 0 spiro atoms. The van der Waals surface area contributed by atoms with Gasteiger partial charge in [-0.3, -0.25) is 14.9 Å². The number of methoxy groups -OCH3 is 2. The second kappa shape index (κ2) is 9.63. The van der Waals surface area contributed by atoms with Gasteiger partial charge < -0.3 is 19.5 Å². The fraction of sp³-hybridized carbons (Fsp3) is 0.278. The van der Waals surface area contributed by atoms with Crippen molar-refractivity contribution in [3.63, 3.8) is 0 Å². The Morgan fingerprint density at radius 2 is 1.81 bits per heavy atom. The van der Waals surface area contributed by atoms with Crippen molar-refractivity contribution in [3.8, 4) is 17.2 Å². The molecule has 0 saturated carbocycles. The number of carbonyl (C=O) groups is 1. The van der Waals surface area contributed by atoms with E-state index in [0.29, 0.717) is 22.1 Å². The number of rotatable bonds is 9. The van der Waals surface area contributed by atoms with Gasteiger partial charge in [0.2, 0.25) is 0 Å². The number of nitro benzene ring substituents is 1. The minimum absolute atomic E-state index is 0.103. The summed E-state index contributed by atoms with van der Waals surface area (Å²) in [5, 5.41) is 14.3. The van der Waals surface area contributed by atoms with Crippen molar-refractivity contribution in [2.75, 3.05) is 27.4 Å². The maximum atomic E-state index is 11.9. The van der Waals surface area contributed by atoms with Gasteiger partial charge in [-0.05, 0) is 24.6 Å². The summed E-state index contributed by atoms with van der Waals surface area (Å²) in [6.45, 7) is -0.0151. The highest BCUT2D eigenvalue weighted by Crippen LogP contribution is 2.34. The molecule has 2 aromatic rings. The number of nitro groups is 1. The Morgan fingerprint density at radius 3 is 2.44 bits per heavy atom. The number of carbonyl (C=O) groups excluding carboxylic acids is 1. The van der Waals surface area contributed by atoms with E-state index in [1.807, 2.05) is 0 Å². The van der Waals surface area contributed by atoms with Crippen molar-refractivity contribution < 1.29 is 23.9 Å². The zero-order valence-corrected chi connectivity index (χ0v) is 15.6. The first kappa shape index (κ1) is 20.3. The zero-order chi connectivity index (χ0) is 19.8. The first-order valence-corrected chi connectivity index (χ1v) is 8.37. The molecule has 0 aromatic heterocycles. The quantitative estimate of drug-likeness (QED) is 0.518. The Kier molecular flexibility index (Phi) is 7.25. The number of para-hydroxylation sites is 1. The molecule has 1 amide bonds. The highest BCUT2D eigenvalue weighted by molar-refractivity contribution is 6.32. The molecular weight excluding hydrogens is 376 g/mol. The van der Waals surface area contributed by atoms with E-state index in [1.165, 1.54) is 26.4 Å². The van der Waals surface area contributed by atoms with Crippen molar-refractivity contribution >= 4 is 23.2 Å². The monoisotopic (exact) mass is 394 g/mol. The Balaban J connectivity index is 1.95. The van der Waals surface area contributed by atoms with Crippen LogP contribution in [0.5, 0.6) is 17.2 Å². The van der Waals surface area contributed by atoms with Crippen molar-refractivity contribution in [2.45, 2.75) is 6.42 Å². The highest BCUT2D eigenvalue weighted by Gasteiger charge is 2.19. The van der Waals surface area contributed by atoms with Crippen LogP contribution in [0.3, 0.4) is 0 Å². The minimum Gasteiger partial charge on any atom is -0.493 e. The number of amides is 1. The number of nitrogens with zero attached hydrogens (tertiary/aromatic N) is 1. The fourth-order valence-corrected chi connectivity index (χ4v) is 2.56. The van der Waals surface area contributed by atoms with Crippen molar-refractivity contribution in [1.82, 2.24) is 5.32 Å². The number of ether oxygens (including phenoxy) is 3. The predicted octanol–water partition coefficient (Wildman–Crippen LogP) is 3.00. The normalized spacial score (nSPS) is 10.2. The van der Waals surface area contributed by atoms with Crippen LogP contribution in [0.4, 0.5) is 5.69 Å². The zero-order valence-electron chi connectivity index (χ0n) is 14.9. The lowest BCUT2D eigenvalue weighted by molar-refractivity contribution is -0.385. The smallest absolute Gasteiger partial charge is 0.276 e. The van der Waals surface area contributed by atoms with Crippen LogP contribution in [0.25, 0.3) is 0 Å². The van der Waals surface area contributed by atoms with Crippen LogP contribution in [0.2, 0.25) is 5.02 Å². The van der Waals surface area contributed by atoms with E-state index in [1.54, 1.807) is 24.3 Å². The topological polar surface area (TPSA) is 99.9 Å². The molecule has 0 aliphatic carbocycles. The minimum atomic E-state index is -0.500. The van der Waals surface area contributed by atoms with Crippen LogP contribution in [0.15, 0.2) is 36.4 Å². The molecule has 0 atom stereocenters. The van der Waals surface area contributed by atoms with Gasteiger partial charge in [0, 0.05) is 12.1 Å². The van der Waals surface area contributed by atoms with Crippen molar-refractivity contribution in [2.24, 2.45) is 0 Å². The number of hydrogen-bond acceptors (Lipinski definition) is 6. The van der Waals surface area contributed by atoms with Crippen LogP contribution >= 0.6 is 11.6 Å². The van der Waals surface area contributed by atoms with E-state index < -0.39 is 4.92 Å². The molecule has 27 heavy (non-hydrogen) atoms. The summed E-state index contributed by atoms with van der Waals surface area (Å²) >= 11 is 5.95. The van der Waals surface area contributed by atoms with Crippen molar-refractivity contribution in [3.05, 3.63) is 57.1 Å². The van der Waals surface area contributed by atoms with Gasteiger partial charge in [0.25, 0.3) is 11.6 Å². The number of nitrogens with one attached hydrogen (secondary N) is 1. The van der Waals surface area contributed by atoms with Gasteiger partial charge in [0.05, 0.1) is 30.2 Å². The molecule has 0 radical (unpaired) electrons. The molecule has 8 nitrogen and oxygen atoms in total. The number of hydrogen-bond donors (Lipinski definition) is 1. The van der Waals surface area contributed by atoms with Crippen LogP contribution in [0, 0.1) is 10.1 Å². The lowest BCUT2D eigenvalue weighted by atomic mass is 10.1. The third-order valence-electron chi connectivity index (χ3n) is 3.69. The van der Waals surface area contributed by atoms with Gasteiger partial charge in [0.15, 0.2) is 18.1 Å². The van der Waals surface area contributed by atoms with Crippen LogP contribution in [-0.2, 0) is 11.2 Å². The summed E-state index contributed by atoms with van der Waals surface area (Å²) in [5.74, 6) is 0.694. The van der Waals surface area contributed by atoms with E-state index in [0.717, 1.165) is 0 Å². The van der Waals surface area contributed by atoms with Crippen LogP contribution in [-0.4, -0.2) is 38.2 Å². The molecule has 9 heteroatoms. The molecular formula is C18H19ClN2O6. The van der Waals surface area contributed by atoms with Gasteiger partial charge in [-0.25, -0.2) is 0 Å². The molecule has 0 unspecified atom stereocenters. The molecule has 0 fully saturated rings. The van der Waals surface area contributed by atoms with E-state index in [9.17, 15) is 14.9 Å². The van der Waals surface area contributed by atoms with Crippen LogP contribution in [0.1, 0.15) is 5.56 Å². The van der Waals surface area contributed by atoms with E-state index in [4.69, 9.17) is 25.8 Å². The summed E-state index contributed by atoms with van der Waals surface area (Å²) in [5.41, 5.74) is 0.319. The lowest BCUT2D eigenvalue weighted by Crippen LogP contribution is -2.30. The standard InChI is InChI=1S/C18H19ClN2O6/c1-25-16-9-12(14(21(23)24)10-17(16)26-2)7-8-20-18(22)11-27-15-6-4-3-5-13(15)19/h3-6,9-10H,7-8,11H2,1-2H3,(H,20,22). The second-order valence-electron chi connectivity index (χ2n) is 5.41. The fourth-order valence-electron chi connectivity index (χ4n) is 2.37. The van der Waals surface area contributed by atoms with E-state index in [-0.39, 0.29) is 36.9 Å². The number of benzene rings is 2. The van der Waals surface area contributed by atoms with Gasteiger partial charge in [0.1, 0.15) is 5.75 Å². The Bertz CT molecular complexity index is 827. The van der Waals surface area contributed by atoms with E-state index >= 15 is 0 Å². The van der Waals surface area contributed by atoms with Crippen LogP contribution < -0.4 is 19.5 Å². The average molecular weight is 395 g/mol. The average Bonchev–Trinajstić information content (AvgIpc) is 2.66. The summed E-state index contributed by atoms with van der Waals surface area (Å²) in [6.07, 6.45) is 0.245. The summed E-state index contributed by atoms with van der Waals surface area (Å²) in [6, 6.07) is 9.65. The largest absolute Gasteiger partial charge is 0.493 e. The Labute approximate surface area is 161 Å². The first-order valence-electron chi connectivity index (χ1n) is 7.99. The van der Waals surface area contributed by atoms with Crippen molar-refractivity contribution in [1.29, 1.82) is 0 Å². The third kappa shape index (κ3) is 5.49. The molecule has 0 bridgehead atoms. The second-order valence-corrected chi connectivity index (χ2v) is 5.82. The molecule has 2 aromatic carbocycles. The molecule has 1 N–H and O–H groups in total. The molecule has 0 saturated heterocycles. The van der Waals surface area contributed by atoms with E-state index in [2.05, 4.69) is 5.32 Å². The van der Waals surface area contributed by atoms with Gasteiger partial charge in [-0.15, -0.1) is 0 Å².